The molecule has 7 rings (SSSR count). The molecule has 0 unspecified atom stereocenters. The van der Waals surface area contributed by atoms with E-state index < -0.39 is 52.1 Å². The molecule has 0 amide bonds. The summed E-state index contributed by atoms with van der Waals surface area (Å²) in [5, 5.41) is 51.3. The van der Waals surface area contributed by atoms with E-state index in [1.165, 1.54) is 18.2 Å². The van der Waals surface area contributed by atoms with Crippen LogP contribution in [0.4, 0.5) is 56.9 Å². The molecule has 7 aromatic rings. The number of anilines is 2. The Morgan fingerprint density at radius 1 is 0.474 bits per heavy atom. The van der Waals surface area contributed by atoms with Crippen LogP contribution in [0.1, 0.15) is 40.7 Å². The number of benzene rings is 7. The van der Waals surface area contributed by atoms with Crippen LogP contribution in [0.15, 0.2) is 167 Å². The van der Waals surface area contributed by atoms with Crippen LogP contribution in [-0.2, 0) is 41.5 Å². The SMILES string of the molecule is Cc1cc(N=Nc2cc(C)c(N=Nc3ccccc3S(=O)(=O)O)cc2OCCCCS(=O)(=O)O)c(C)cc1N=Nc1cc(C)c(N=Nc2ccc3cc(Nc4ccccc4)ccc3c2O)cc1C.O=S(=O)=O.O=S(=O)=O. The lowest BCUT2D eigenvalue weighted by Crippen LogP contribution is -2.06. The summed E-state index contributed by atoms with van der Waals surface area (Å²) in [5.74, 6) is -0.154. The Balaban J connectivity index is 0.00000124. The number of nitrogens with zero attached hydrogens (tertiary/aromatic N) is 8. The minimum atomic E-state index is -4.57. The first kappa shape index (κ1) is 58.5. The van der Waals surface area contributed by atoms with Crippen molar-refractivity contribution in [3.8, 4) is 11.5 Å². The van der Waals surface area contributed by atoms with Gasteiger partial charge in [-0.1, -0.05) is 36.4 Å². The fourth-order valence-corrected chi connectivity index (χ4v) is 8.06. The fraction of sp³-hybridized carbons (Fsp3) is 0.184. The van der Waals surface area contributed by atoms with Gasteiger partial charge in [-0.2, -0.15) is 42.4 Å². The number of hydrogen-bond donors (Lipinski definition) is 4. The van der Waals surface area contributed by atoms with Gasteiger partial charge in [0.15, 0.2) is 5.75 Å². The van der Waals surface area contributed by atoms with Crippen molar-refractivity contribution in [1.29, 1.82) is 0 Å². The van der Waals surface area contributed by atoms with Crippen LogP contribution in [-0.4, -0.2) is 68.7 Å². The maximum atomic E-state index is 11.9. The van der Waals surface area contributed by atoms with Gasteiger partial charge in [-0.25, -0.2) is 0 Å². The van der Waals surface area contributed by atoms with Gasteiger partial charge in [-0.3, -0.25) is 9.11 Å². The van der Waals surface area contributed by atoms with Crippen LogP contribution in [0.25, 0.3) is 10.8 Å². The molecule has 0 saturated carbocycles. The van der Waals surface area contributed by atoms with Crippen LogP contribution in [0.2, 0.25) is 0 Å². The molecule has 0 heterocycles. The van der Waals surface area contributed by atoms with Gasteiger partial charge >= 0.3 is 21.2 Å². The second-order valence-corrected chi connectivity index (χ2v) is 20.1. The molecule has 76 heavy (non-hydrogen) atoms. The minimum absolute atomic E-state index is 0.0352. The molecule has 0 atom stereocenters. The molecule has 0 aliphatic heterocycles. The van der Waals surface area contributed by atoms with E-state index >= 15 is 0 Å². The lowest BCUT2D eigenvalue weighted by Gasteiger charge is -2.11. The third-order valence-electron chi connectivity index (χ3n) is 10.6. The molecule has 7 aromatic carbocycles. The quantitative estimate of drug-likeness (QED) is 0.0374. The zero-order chi connectivity index (χ0) is 55.7. The highest BCUT2D eigenvalue weighted by molar-refractivity contribution is 7.86. The van der Waals surface area contributed by atoms with Gasteiger partial charge in [0, 0.05) is 22.8 Å². The summed E-state index contributed by atoms with van der Waals surface area (Å²) >= 11 is 0. The monoisotopic (exact) mass is 1110 g/mol. The zero-order valence-corrected chi connectivity index (χ0v) is 44.2. The number of fused-ring (bicyclic) bond motifs is 1. The second kappa shape index (κ2) is 26.7. The Labute approximate surface area is 439 Å². The van der Waals surface area contributed by atoms with Gasteiger partial charge in [-0.15, -0.1) is 40.6 Å². The molecule has 27 heteroatoms. The molecular formula is C49H47N9O14S4. The van der Waals surface area contributed by atoms with Gasteiger partial charge in [-0.05, 0) is 160 Å². The van der Waals surface area contributed by atoms with Crippen LogP contribution >= 0.6 is 0 Å². The van der Waals surface area contributed by atoms with Crippen molar-refractivity contribution in [3.63, 3.8) is 0 Å². The Hall–Kier alpha value is -8.34. The van der Waals surface area contributed by atoms with Crippen molar-refractivity contribution < 1.29 is 61.0 Å². The van der Waals surface area contributed by atoms with E-state index in [-0.39, 0.29) is 30.2 Å². The molecule has 0 radical (unpaired) electrons. The first-order valence-electron chi connectivity index (χ1n) is 22.2. The Morgan fingerprint density at radius 2 is 0.908 bits per heavy atom. The molecule has 0 bridgehead atoms. The second-order valence-electron chi connectivity index (χ2n) is 16.3. The summed E-state index contributed by atoms with van der Waals surface area (Å²) in [6.45, 7) is 9.35. The number of hydrogen-bond acceptors (Lipinski definition) is 21. The molecule has 0 saturated heterocycles. The van der Waals surface area contributed by atoms with Crippen LogP contribution in [0.3, 0.4) is 0 Å². The average Bonchev–Trinajstić information content (AvgIpc) is 3.34. The summed E-state index contributed by atoms with van der Waals surface area (Å²) in [4.78, 5) is -0.410. The van der Waals surface area contributed by atoms with E-state index in [9.17, 15) is 26.5 Å². The van der Waals surface area contributed by atoms with Gasteiger partial charge in [0.2, 0.25) is 0 Å². The molecule has 0 aliphatic rings. The predicted octanol–water partition coefficient (Wildman–Crippen LogP) is 12.8. The number of nitrogens with one attached hydrogen (secondary N) is 1. The van der Waals surface area contributed by atoms with Crippen molar-refractivity contribution >= 4 is 109 Å². The maximum absolute atomic E-state index is 11.9. The van der Waals surface area contributed by atoms with E-state index in [0.29, 0.717) is 57.2 Å². The summed E-state index contributed by atoms with van der Waals surface area (Å²) < 4.78 is 122. The fourth-order valence-electron chi connectivity index (χ4n) is 6.87. The predicted molar refractivity (Wildman–Crippen MR) is 282 cm³/mol. The average molecular weight is 1110 g/mol. The van der Waals surface area contributed by atoms with Gasteiger partial charge in [0.25, 0.3) is 20.2 Å². The van der Waals surface area contributed by atoms with Crippen LogP contribution < -0.4 is 10.1 Å². The summed E-state index contributed by atoms with van der Waals surface area (Å²) in [6.07, 6.45) is 0.437. The van der Waals surface area contributed by atoms with Gasteiger partial charge < -0.3 is 15.2 Å². The molecule has 0 aliphatic carbocycles. The first-order valence-corrected chi connectivity index (χ1v) is 27.2. The molecule has 0 spiro atoms. The standard InChI is InChI=1S/C49H47N9O8S2.2O3S/c1-30-24-42(31(2)23-41(30)53-52-40-20-17-35-28-37(18-19-38(35)49(40)59)50-36-13-7-6-8-14-36)54-55-43-25-33(4)44(26-32(43)3)56-58-46-27-34(5)45(29-47(46)66-21-11-12-22-67(60,61)62)57-51-39-15-9-10-16-48(39)68(63,64)65;2*1-4(2)3/h6-10,13-20,23-29,50,59H,11-12,21-22H2,1-5H3,(H,60,61,62)(H,63,64,65);;. The summed E-state index contributed by atoms with van der Waals surface area (Å²) in [6, 6.07) is 35.4. The maximum Gasteiger partial charge on any atom is 0.425 e. The highest BCUT2D eigenvalue weighted by Gasteiger charge is 2.16. The zero-order valence-electron chi connectivity index (χ0n) is 40.9. The molecule has 4 N–H and O–H groups in total. The van der Waals surface area contributed by atoms with E-state index in [0.717, 1.165) is 39.0 Å². The van der Waals surface area contributed by atoms with E-state index in [1.807, 2.05) is 107 Å². The Bertz CT molecular complexity index is 3840. The molecular weight excluding hydrogens is 1070 g/mol. The minimum Gasteiger partial charge on any atom is -0.505 e. The number of phenols is 1. The van der Waals surface area contributed by atoms with E-state index in [4.69, 9.17) is 34.5 Å². The molecule has 23 nitrogen and oxygen atoms in total. The van der Waals surface area contributed by atoms with Crippen molar-refractivity contribution in [2.45, 2.75) is 52.4 Å². The largest absolute Gasteiger partial charge is 0.505 e. The number of rotatable bonds is 17. The molecule has 396 valence electrons. The van der Waals surface area contributed by atoms with Gasteiger partial charge in [0.05, 0.1) is 40.8 Å². The van der Waals surface area contributed by atoms with Crippen molar-refractivity contribution in [3.05, 3.63) is 149 Å². The number of aromatic hydroxyl groups is 1. The Kier molecular flexibility index (Phi) is 20.6. The number of aryl methyl sites for hydroxylation is 5. The number of para-hydroxylation sites is 1. The smallest absolute Gasteiger partial charge is 0.425 e. The third kappa shape index (κ3) is 18.0. The Morgan fingerprint density at radius 3 is 1.41 bits per heavy atom. The highest BCUT2D eigenvalue weighted by atomic mass is 32.2. The van der Waals surface area contributed by atoms with Crippen LogP contribution in [0.5, 0.6) is 11.5 Å². The van der Waals surface area contributed by atoms with Crippen molar-refractivity contribution in [1.82, 2.24) is 0 Å². The summed E-state index contributed by atoms with van der Waals surface area (Å²) in [5.41, 5.74) is 8.92. The van der Waals surface area contributed by atoms with E-state index in [2.05, 4.69) is 46.2 Å². The number of ether oxygens (including phenoxy) is 1. The summed E-state index contributed by atoms with van der Waals surface area (Å²) in [7, 11) is -14.9. The molecule has 0 aromatic heterocycles. The number of phenolic OH excluding ortho intramolecular Hbond substituents is 1. The molecule has 0 fully saturated rings. The lowest BCUT2D eigenvalue weighted by molar-refractivity contribution is 0.310. The van der Waals surface area contributed by atoms with Crippen molar-refractivity contribution in [2.24, 2.45) is 40.9 Å². The number of unbranched alkanes of at least 4 members (excludes halogenated alkanes) is 1. The lowest BCUT2D eigenvalue weighted by atomic mass is 10.1. The van der Waals surface area contributed by atoms with E-state index in [1.54, 1.807) is 31.2 Å². The van der Waals surface area contributed by atoms with Gasteiger partial charge in [0.1, 0.15) is 27.7 Å². The number of azo groups is 4. The normalized spacial score (nSPS) is 11.7. The first-order chi connectivity index (χ1) is 35.9. The topological polar surface area (TPSA) is 352 Å². The highest BCUT2D eigenvalue weighted by Crippen LogP contribution is 2.41. The van der Waals surface area contributed by atoms with Crippen molar-refractivity contribution in [2.75, 3.05) is 17.7 Å². The third-order valence-corrected chi connectivity index (χ3v) is 12.3. The van der Waals surface area contributed by atoms with Crippen LogP contribution in [0, 0.1) is 34.6 Å².